The third-order valence-corrected chi connectivity index (χ3v) is 6.11. The number of ether oxygens (including phenoxy) is 2. The Morgan fingerprint density at radius 2 is 2.00 bits per heavy atom. The average Bonchev–Trinajstić information content (AvgIpc) is 3.48. The van der Waals surface area contributed by atoms with Gasteiger partial charge in [-0.15, -0.1) is 0 Å². The summed E-state index contributed by atoms with van der Waals surface area (Å²) in [7, 11) is 0. The number of hydrogen-bond donors (Lipinski definition) is 0. The molecule has 6 nitrogen and oxygen atoms in total. The van der Waals surface area contributed by atoms with Gasteiger partial charge < -0.3 is 13.9 Å². The van der Waals surface area contributed by atoms with E-state index in [1.165, 1.54) is 16.9 Å². The van der Waals surface area contributed by atoms with Crippen molar-refractivity contribution in [2.75, 3.05) is 11.7 Å². The molecule has 3 heterocycles. The van der Waals surface area contributed by atoms with Crippen molar-refractivity contribution in [3.8, 4) is 11.5 Å². The third-order valence-electron chi connectivity index (χ3n) is 5.06. The van der Waals surface area contributed by atoms with Crippen LogP contribution in [0.1, 0.15) is 27.2 Å². The maximum atomic E-state index is 13.5. The molecule has 0 unspecified atom stereocenters. The number of anilines is 1. The summed E-state index contributed by atoms with van der Waals surface area (Å²) in [4.78, 5) is 19.9. The summed E-state index contributed by atoms with van der Waals surface area (Å²) in [5, 5.41) is 0.632. The first-order valence-corrected chi connectivity index (χ1v) is 10.0. The van der Waals surface area contributed by atoms with Crippen LogP contribution in [0.3, 0.4) is 0 Å². The number of furan rings is 1. The van der Waals surface area contributed by atoms with Gasteiger partial charge in [-0.05, 0) is 61.4 Å². The van der Waals surface area contributed by atoms with Gasteiger partial charge in [0.1, 0.15) is 5.76 Å². The molecule has 1 aliphatic rings. The van der Waals surface area contributed by atoms with E-state index >= 15 is 0 Å². The van der Waals surface area contributed by atoms with Gasteiger partial charge in [0.05, 0.1) is 23.0 Å². The van der Waals surface area contributed by atoms with Gasteiger partial charge in [0.2, 0.25) is 6.79 Å². The lowest BCUT2D eigenvalue weighted by molar-refractivity contribution is 0.0983. The highest BCUT2D eigenvalue weighted by Gasteiger charge is 2.25. The number of aromatic nitrogens is 1. The molecule has 0 atom stereocenters. The zero-order chi connectivity index (χ0) is 20.0. The second-order valence-electron chi connectivity index (χ2n) is 6.89. The number of benzene rings is 2. The molecule has 7 heteroatoms. The normalized spacial score (nSPS) is 12.5. The van der Waals surface area contributed by atoms with E-state index in [1.807, 2.05) is 12.1 Å². The van der Waals surface area contributed by atoms with Crippen molar-refractivity contribution in [3.05, 3.63) is 71.2 Å². The highest BCUT2D eigenvalue weighted by molar-refractivity contribution is 7.22. The Morgan fingerprint density at radius 1 is 1.14 bits per heavy atom. The molecule has 0 spiro atoms. The van der Waals surface area contributed by atoms with Crippen LogP contribution in [0.25, 0.3) is 10.2 Å². The molecule has 0 saturated heterocycles. The fourth-order valence-electron chi connectivity index (χ4n) is 3.30. The Morgan fingerprint density at radius 3 is 2.83 bits per heavy atom. The maximum Gasteiger partial charge on any atom is 0.260 e. The van der Waals surface area contributed by atoms with Gasteiger partial charge in [-0.3, -0.25) is 9.69 Å². The lowest BCUT2D eigenvalue weighted by Gasteiger charge is -2.19. The first-order valence-electron chi connectivity index (χ1n) is 9.21. The minimum atomic E-state index is -0.173. The molecule has 1 aliphatic heterocycles. The lowest BCUT2D eigenvalue weighted by Crippen LogP contribution is -2.30. The van der Waals surface area contributed by atoms with E-state index in [9.17, 15) is 4.79 Å². The van der Waals surface area contributed by atoms with Gasteiger partial charge in [0, 0.05) is 5.56 Å². The van der Waals surface area contributed by atoms with Crippen LogP contribution in [0.15, 0.2) is 53.1 Å². The maximum absolute atomic E-state index is 13.5. The molecule has 2 aromatic carbocycles. The van der Waals surface area contributed by atoms with Crippen molar-refractivity contribution < 1.29 is 18.7 Å². The molecule has 0 saturated carbocycles. The summed E-state index contributed by atoms with van der Waals surface area (Å²) in [6, 6.07) is 13.0. The van der Waals surface area contributed by atoms with Gasteiger partial charge in [0.25, 0.3) is 5.91 Å². The van der Waals surface area contributed by atoms with Gasteiger partial charge in [-0.2, -0.15) is 0 Å². The highest BCUT2D eigenvalue weighted by Crippen LogP contribution is 2.36. The number of carbonyl (C=O) groups excluding carboxylic acids is 1. The minimum absolute atomic E-state index is 0.166. The highest BCUT2D eigenvalue weighted by atomic mass is 32.1. The quantitative estimate of drug-likeness (QED) is 0.473. The smallest absolute Gasteiger partial charge is 0.260 e. The molecule has 0 aliphatic carbocycles. The molecular weight excluding hydrogens is 388 g/mol. The first kappa shape index (κ1) is 17.8. The molecule has 146 valence electrons. The van der Waals surface area contributed by atoms with E-state index in [2.05, 4.69) is 26.0 Å². The van der Waals surface area contributed by atoms with Crippen LogP contribution >= 0.6 is 11.3 Å². The average molecular weight is 406 g/mol. The number of nitrogens with zero attached hydrogens (tertiary/aromatic N) is 2. The first-order chi connectivity index (χ1) is 14.1. The van der Waals surface area contributed by atoms with Crippen molar-refractivity contribution in [1.82, 2.24) is 4.98 Å². The Hall–Kier alpha value is -3.32. The number of amides is 1. The number of carbonyl (C=O) groups is 1. The van der Waals surface area contributed by atoms with Gasteiger partial charge in [-0.1, -0.05) is 17.4 Å². The summed E-state index contributed by atoms with van der Waals surface area (Å²) in [6.45, 7) is 4.57. The van der Waals surface area contributed by atoms with Gasteiger partial charge in [0.15, 0.2) is 16.6 Å². The van der Waals surface area contributed by atoms with Crippen LogP contribution < -0.4 is 14.4 Å². The van der Waals surface area contributed by atoms with E-state index in [1.54, 1.807) is 29.4 Å². The number of thiazole rings is 1. The molecule has 0 fully saturated rings. The monoisotopic (exact) mass is 406 g/mol. The molecule has 0 bridgehead atoms. The third kappa shape index (κ3) is 3.13. The van der Waals surface area contributed by atoms with Crippen molar-refractivity contribution in [2.24, 2.45) is 0 Å². The standard InChI is InChI=1S/C22H18N2O4S/c1-13-5-8-19-20(14(13)2)23-22(29-19)24(11-16-4-3-9-26-16)21(25)15-6-7-17-18(10-15)28-12-27-17/h3-10H,11-12H2,1-2H3. The number of hydrogen-bond acceptors (Lipinski definition) is 6. The van der Waals surface area contributed by atoms with E-state index in [0.29, 0.717) is 28.0 Å². The topological polar surface area (TPSA) is 64.8 Å². The van der Waals surface area contributed by atoms with Crippen molar-refractivity contribution in [2.45, 2.75) is 20.4 Å². The summed E-state index contributed by atoms with van der Waals surface area (Å²) < 4.78 is 17.3. The Kier molecular flexibility index (Phi) is 4.24. The van der Waals surface area contributed by atoms with E-state index in [0.717, 1.165) is 15.8 Å². The molecule has 1 amide bonds. The van der Waals surface area contributed by atoms with E-state index in [-0.39, 0.29) is 19.2 Å². The molecule has 0 radical (unpaired) electrons. The summed E-state index contributed by atoms with van der Waals surface area (Å²) in [5.74, 6) is 1.73. The molecule has 2 aromatic heterocycles. The Balaban J connectivity index is 1.58. The molecular formula is C22H18N2O4S. The Labute approximate surface area is 171 Å². The molecule has 0 N–H and O–H groups in total. The summed E-state index contributed by atoms with van der Waals surface area (Å²) >= 11 is 1.49. The van der Waals surface area contributed by atoms with Crippen LogP contribution in [-0.4, -0.2) is 17.7 Å². The second-order valence-corrected chi connectivity index (χ2v) is 7.90. The van der Waals surface area contributed by atoms with Crippen molar-refractivity contribution >= 4 is 32.6 Å². The fraction of sp³-hybridized carbons (Fsp3) is 0.182. The van der Waals surface area contributed by atoms with Crippen molar-refractivity contribution in [3.63, 3.8) is 0 Å². The minimum Gasteiger partial charge on any atom is -0.467 e. The van der Waals surface area contributed by atoms with Crippen LogP contribution in [0.4, 0.5) is 5.13 Å². The van der Waals surface area contributed by atoms with Gasteiger partial charge in [-0.25, -0.2) is 4.98 Å². The molecule has 5 rings (SSSR count). The van der Waals surface area contributed by atoms with Crippen LogP contribution in [-0.2, 0) is 6.54 Å². The van der Waals surface area contributed by atoms with Crippen LogP contribution in [0, 0.1) is 13.8 Å². The lowest BCUT2D eigenvalue weighted by atomic mass is 10.1. The summed E-state index contributed by atoms with van der Waals surface area (Å²) in [6.07, 6.45) is 1.60. The van der Waals surface area contributed by atoms with Crippen molar-refractivity contribution in [1.29, 1.82) is 0 Å². The zero-order valence-corrected chi connectivity index (χ0v) is 16.8. The fourth-order valence-corrected chi connectivity index (χ4v) is 4.32. The number of aryl methyl sites for hydroxylation is 2. The second kappa shape index (κ2) is 6.93. The number of rotatable bonds is 4. The SMILES string of the molecule is Cc1ccc2sc(N(Cc3ccco3)C(=O)c3ccc4c(c3)OCO4)nc2c1C. The summed E-state index contributed by atoms with van der Waals surface area (Å²) in [5.41, 5.74) is 3.73. The predicted molar refractivity (Wildman–Crippen MR) is 111 cm³/mol. The number of fused-ring (bicyclic) bond motifs is 2. The largest absolute Gasteiger partial charge is 0.467 e. The van der Waals surface area contributed by atoms with Crippen LogP contribution in [0.2, 0.25) is 0 Å². The molecule has 29 heavy (non-hydrogen) atoms. The van der Waals surface area contributed by atoms with Crippen LogP contribution in [0.5, 0.6) is 11.5 Å². The van der Waals surface area contributed by atoms with E-state index < -0.39 is 0 Å². The molecule has 4 aromatic rings. The van der Waals surface area contributed by atoms with E-state index in [4.69, 9.17) is 18.9 Å². The Bertz CT molecular complexity index is 1210. The zero-order valence-electron chi connectivity index (χ0n) is 16.0. The predicted octanol–water partition coefficient (Wildman–Crippen LogP) is 5.08. The van der Waals surface area contributed by atoms with Gasteiger partial charge >= 0.3 is 0 Å².